The zero-order chi connectivity index (χ0) is 11.4. The highest BCUT2D eigenvalue weighted by atomic mass is 16.4. The molecule has 0 saturated carbocycles. The standard InChI is InChI=1S/C11H14N4O/c1-8(10-3-5-12-6-4-10)13-7-11-15-14-9(2)16-11/h3-6,8,13H,7H2,1-2H3/t8-/m1/s1. The molecule has 0 aliphatic rings. The highest BCUT2D eigenvalue weighted by Crippen LogP contribution is 2.10. The van der Waals surface area contributed by atoms with Crippen LogP contribution in [0.1, 0.15) is 30.3 Å². The van der Waals surface area contributed by atoms with Gasteiger partial charge in [0.15, 0.2) is 0 Å². The van der Waals surface area contributed by atoms with E-state index in [1.165, 1.54) is 5.56 Å². The van der Waals surface area contributed by atoms with Gasteiger partial charge in [-0.05, 0) is 24.6 Å². The summed E-state index contributed by atoms with van der Waals surface area (Å²) in [6.45, 7) is 4.44. The van der Waals surface area contributed by atoms with E-state index in [4.69, 9.17) is 4.42 Å². The quantitative estimate of drug-likeness (QED) is 0.844. The number of aromatic nitrogens is 3. The summed E-state index contributed by atoms with van der Waals surface area (Å²) in [7, 11) is 0. The predicted molar refractivity (Wildman–Crippen MR) is 58.5 cm³/mol. The minimum absolute atomic E-state index is 0.232. The first-order chi connectivity index (χ1) is 7.75. The maximum atomic E-state index is 5.27. The largest absolute Gasteiger partial charge is 0.424 e. The van der Waals surface area contributed by atoms with Crippen molar-refractivity contribution in [2.45, 2.75) is 26.4 Å². The summed E-state index contributed by atoms with van der Waals surface area (Å²) in [6.07, 6.45) is 3.56. The number of rotatable bonds is 4. The Kier molecular flexibility index (Phi) is 3.26. The maximum absolute atomic E-state index is 5.27. The van der Waals surface area contributed by atoms with E-state index in [9.17, 15) is 0 Å². The van der Waals surface area contributed by atoms with E-state index in [0.29, 0.717) is 18.3 Å². The molecule has 0 fully saturated rings. The number of nitrogens with zero attached hydrogens (tertiary/aromatic N) is 3. The average Bonchev–Trinajstić information content (AvgIpc) is 2.73. The van der Waals surface area contributed by atoms with E-state index in [2.05, 4.69) is 27.4 Å². The third-order valence-electron chi connectivity index (χ3n) is 2.33. The van der Waals surface area contributed by atoms with Crippen LogP contribution in [0.15, 0.2) is 28.9 Å². The molecule has 2 rings (SSSR count). The molecule has 0 radical (unpaired) electrons. The lowest BCUT2D eigenvalue weighted by Gasteiger charge is -2.11. The highest BCUT2D eigenvalue weighted by molar-refractivity contribution is 5.13. The van der Waals surface area contributed by atoms with Gasteiger partial charge in [-0.2, -0.15) is 0 Å². The summed E-state index contributed by atoms with van der Waals surface area (Å²) in [5.41, 5.74) is 1.19. The maximum Gasteiger partial charge on any atom is 0.230 e. The molecule has 1 atom stereocenters. The van der Waals surface area contributed by atoms with Gasteiger partial charge in [0.2, 0.25) is 11.8 Å². The van der Waals surface area contributed by atoms with Crippen molar-refractivity contribution in [2.75, 3.05) is 0 Å². The Morgan fingerprint density at radius 3 is 2.69 bits per heavy atom. The van der Waals surface area contributed by atoms with Gasteiger partial charge in [-0.25, -0.2) is 0 Å². The van der Waals surface area contributed by atoms with Crippen LogP contribution in [0.5, 0.6) is 0 Å². The van der Waals surface area contributed by atoms with Crippen LogP contribution in [0.3, 0.4) is 0 Å². The van der Waals surface area contributed by atoms with Crippen LogP contribution in [0.4, 0.5) is 0 Å². The molecule has 16 heavy (non-hydrogen) atoms. The topological polar surface area (TPSA) is 63.8 Å². The van der Waals surface area contributed by atoms with Crippen LogP contribution in [0.2, 0.25) is 0 Å². The molecule has 5 nitrogen and oxygen atoms in total. The van der Waals surface area contributed by atoms with Gasteiger partial charge in [0.1, 0.15) is 0 Å². The Bertz CT molecular complexity index is 440. The molecule has 1 N–H and O–H groups in total. The van der Waals surface area contributed by atoms with Gasteiger partial charge < -0.3 is 9.73 Å². The van der Waals surface area contributed by atoms with Crippen LogP contribution in [0, 0.1) is 6.92 Å². The number of aryl methyl sites for hydroxylation is 1. The molecule has 0 spiro atoms. The normalized spacial score (nSPS) is 12.6. The predicted octanol–water partition coefficient (Wildman–Crippen LogP) is 1.62. The number of nitrogens with one attached hydrogen (secondary N) is 1. The van der Waals surface area contributed by atoms with Gasteiger partial charge in [-0.15, -0.1) is 10.2 Å². The Labute approximate surface area is 93.9 Å². The molecular formula is C11H14N4O. The molecule has 2 heterocycles. The van der Waals surface area contributed by atoms with Crippen molar-refractivity contribution in [3.05, 3.63) is 41.9 Å². The molecule has 0 aliphatic carbocycles. The lowest BCUT2D eigenvalue weighted by atomic mass is 10.1. The summed E-state index contributed by atoms with van der Waals surface area (Å²) < 4.78 is 5.27. The van der Waals surface area contributed by atoms with E-state index < -0.39 is 0 Å². The fourth-order valence-electron chi connectivity index (χ4n) is 1.42. The van der Waals surface area contributed by atoms with Crippen LogP contribution in [-0.2, 0) is 6.54 Å². The summed E-state index contributed by atoms with van der Waals surface area (Å²) in [4.78, 5) is 3.98. The van der Waals surface area contributed by atoms with Gasteiger partial charge in [-0.1, -0.05) is 0 Å². The van der Waals surface area contributed by atoms with Crippen LogP contribution >= 0.6 is 0 Å². The second kappa shape index (κ2) is 4.85. The molecule has 0 saturated heterocycles. The lowest BCUT2D eigenvalue weighted by Crippen LogP contribution is -2.18. The monoisotopic (exact) mass is 218 g/mol. The second-order valence-corrected chi connectivity index (χ2v) is 3.60. The van der Waals surface area contributed by atoms with Crippen molar-refractivity contribution in [3.63, 3.8) is 0 Å². The molecule has 84 valence electrons. The molecule has 0 unspecified atom stereocenters. The van der Waals surface area contributed by atoms with E-state index in [1.54, 1.807) is 19.3 Å². The lowest BCUT2D eigenvalue weighted by molar-refractivity contribution is 0.430. The zero-order valence-corrected chi connectivity index (χ0v) is 9.34. The first kappa shape index (κ1) is 10.8. The Hall–Kier alpha value is -1.75. The fourth-order valence-corrected chi connectivity index (χ4v) is 1.42. The molecule has 2 aromatic heterocycles. The number of pyridine rings is 1. The van der Waals surface area contributed by atoms with Crippen LogP contribution < -0.4 is 5.32 Å². The molecule has 0 bridgehead atoms. The van der Waals surface area contributed by atoms with Crippen molar-refractivity contribution < 1.29 is 4.42 Å². The molecule has 0 amide bonds. The van der Waals surface area contributed by atoms with Gasteiger partial charge in [0.05, 0.1) is 6.54 Å². The summed E-state index contributed by atoms with van der Waals surface area (Å²) in [5.74, 6) is 1.20. The van der Waals surface area contributed by atoms with Gasteiger partial charge in [0.25, 0.3) is 0 Å². The van der Waals surface area contributed by atoms with Crippen LogP contribution in [0.25, 0.3) is 0 Å². The second-order valence-electron chi connectivity index (χ2n) is 3.60. The SMILES string of the molecule is Cc1nnc(CN[C@H](C)c2ccncc2)o1. The highest BCUT2D eigenvalue weighted by Gasteiger charge is 2.07. The number of hydrogen-bond donors (Lipinski definition) is 1. The van der Waals surface area contributed by atoms with E-state index in [1.807, 2.05) is 12.1 Å². The molecule has 2 aromatic rings. The molecule has 0 aliphatic heterocycles. The van der Waals surface area contributed by atoms with Crippen molar-refractivity contribution >= 4 is 0 Å². The first-order valence-corrected chi connectivity index (χ1v) is 5.18. The number of hydrogen-bond acceptors (Lipinski definition) is 5. The minimum atomic E-state index is 0.232. The van der Waals surface area contributed by atoms with Crippen molar-refractivity contribution in [1.29, 1.82) is 0 Å². The third kappa shape index (κ3) is 2.64. The smallest absolute Gasteiger partial charge is 0.230 e. The zero-order valence-electron chi connectivity index (χ0n) is 9.34. The third-order valence-corrected chi connectivity index (χ3v) is 2.33. The van der Waals surface area contributed by atoms with Crippen molar-refractivity contribution in [3.8, 4) is 0 Å². The molecular weight excluding hydrogens is 204 g/mol. The Morgan fingerprint density at radius 2 is 2.06 bits per heavy atom. The van der Waals surface area contributed by atoms with Crippen LogP contribution in [-0.4, -0.2) is 15.2 Å². The van der Waals surface area contributed by atoms with E-state index in [0.717, 1.165) is 0 Å². The molecule has 0 aromatic carbocycles. The van der Waals surface area contributed by atoms with Gasteiger partial charge >= 0.3 is 0 Å². The molecule has 5 heteroatoms. The fraction of sp³-hybridized carbons (Fsp3) is 0.364. The van der Waals surface area contributed by atoms with Crippen molar-refractivity contribution in [2.24, 2.45) is 0 Å². The average molecular weight is 218 g/mol. The first-order valence-electron chi connectivity index (χ1n) is 5.18. The van der Waals surface area contributed by atoms with Crippen molar-refractivity contribution in [1.82, 2.24) is 20.5 Å². The summed E-state index contributed by atoms with van der Waals surface area (Å²) >= 11 is 0. The van der Waals surface area contributed by atoms with Gasteiger partial charge in [-0.3, -0.25) is 4.98 Å². The minimum Gasteiger partial charge on any atom is -0.424 e. The van der Waals surface area contributed by atoms with E-state index >= 15 is 0 Å². The summed E-state index contributed by atoms with van der Waals surface area (Å²) in [5, 5.41) is 11.0. The van der Waals surface area contributed by atoms with E-state index in [-0.39, 0.29) is 6.04 Å². The summed E-state index contributed by atoms with van der Waals surface area (Å²) in [6, 6.07) is 4.20. The van der Waals surface area contributed by atoms with Gasteiger partial charge in [0, 0.05) is 25.4 Å². The Morgan fingerprint density at radius 1 is 1.31 bits per heavy atom. The Balaban J connectivity index is 1.91.